The lowest BCUT2D eigenvalue weighted by molar-refractivity contribution is 0.0946. The number of anilines is 1. The van der Waals surface area contributed by atoms with E-state index in [9.17, 15) is 4.79 Å². The fraction of sp³-hybridized carbons (Fsp3) is 0.312. The highest BCUT2D eigenvalue weighted by molar-refractivity contribution is 7.10. The molecule has 3 N–H and O–H groups in total. The first-order chi connectivity index (χ1) is 9.95. The summed E-state index contributed by atoms with van der Waals surface area (Å²) >= 11 is 1.69. The summed E-state index contributed by atoms with van der Waals surface area (Å²) in [4.78, 5) is 13.5. The molecule has 1 heterocycles. The van der Waals surface area contributed by atoms with Crippen molar-refractivity contribution in [2.24, 2.45) is 0 Å². The van der Waals surface area contributed by atoms with Gasteiger partial charge in [-0.2, -0.15) is 0 Å². The first-order valence-corrected chi connectivity index (χ1v) is 7.58. The molecule has 2 aromatic rings. The number of thiophene rings is 1. The monoisotopic (exact) mass is 304 g/mol. The van der Waals surface area contributed by atoms with E-state index in [4.69, 9.17) is 10.5 Å². The minimum Gasteiger partial charge on any atom is -0.495 e. The number of carbonyl (C=O) groups excluding carboxylic acids is 1. The van der Waals surface area contributed by atoms with E-state index in [0.29, 0.717) is 23.5 Å². The standard InChI is InChI=1S/C16H20N2O2S/c1-16(2,13-8-5-9-21-13)10-18-15(19)11-6-4-7-12(20-3)14(11)17/h4-9H,10,17H2,1-3H3,(H,18,19). The molecule has 112 valence electrons. The number of ether oxygens (including phenoxy) is 1. The molecular weight excluding hydrogens is 284 g/mol. The summed E-state index contributed by atoms with van der Waals surface area (Å²) in [7, 11) is 1.54. The van der Waals surface area contributed by atoms with E-state index in [1.54, 1.807) is 29.5 Å². The third kappa shape index (κ3) is 3.36. The summed E-state index contributed by atoms with van der Waals surface area (Å²) in [5.74, 6) is 0.330. The molecule has 0 aliphatic heterocycles. The van der Waals surface area contributed by atoms with E-state index in [0.717, 1.165) is 0 Å². The molecule has 0 atom stereocenters. The Morgan fingerprint density at radius 2 is 2.10 bits per heavy atom. The van der Waals surface area contributed by atoms with Crippen LogP contribution in [0, 0.1) is 0 Å². The van der Waals surface area contributed by atoms with Gasteiger partial charge in [-0.05, 0) is 23.6 Å². The molecule has 1 aromatic carbocycles. The van der Waals surface area contributed by atoms with Gasteiger partial charge in [-0.25, -0.2) is 0 Å². The average molecular weight is 304 g/mol. The number of rotatable bonds is 5. The minimum absolute atomic E-state index is 0.114. The summed E-state index contributed by atoms with van der Waals surface area (Å²) in [6.45, 7) is 4.76. The minimum atomic E-state index is -0.184. The molecular formula is C16H20N2O2S. The summed E-state index contributed by atoms with van der Waals surface area (Å²) < 4.78 is 5.14. The van der Waals surface area contributed by atoms with Gasteiger partial charge in [0.1, 0.15) is 5.75 Å². The Hall–Kier alpha value is -2.01. The van der Waals surface area contributed by atoms with Crippen LogP contribution in [-0.2, 0) is 5.41 Å². The number of nitrogens with one attached hydrogen (secondary N) is 1. The number of nitrogen functional groups attached to an aromatic ring is 1. The Kier molecular flexibility index (Phi) is 4.53. The van der Waals surface area contributed by atoms with E-state index in [2.05, 4.69) is 25.2 Å². The second-order valence-electron chi connectivity index (χ2n) is 5.47. The van der Waals surface area contributed by atoms with Crippen LogP contribution < -0.4 is 15.8 Å². The van der Waals surface area contributed by atoms with Gasteiger partial charge in [-0.15, -0.1) is 11.3 Å². The van der Waals surface area contributed by atoms with E-state index in [-0.39, 0.29) is 11.3 Å². The normalized spacial score (nSPS) is 11.2. The number of carbonyl (C=O) groups is 1. The maximum Gasteiger partial charge on any atom is 0.253 e. The molecule has 0 spiro atoms. The molecule has 1 amide bonds. The summed E-state index contributed by atoms with van der Waals surface area (Å²) in [6, 6.07) is 9.29. The first kappa shape index (κ1) is 15.4. The summed E-state index contributed by atoms with van der Waals surface area (Å²) in [5, 5.41) is 4.99. The van der Waals surface area contributed by atoms with Gasteiger partial charge < -0.3 is 15.8 Å². The highest BCUT2D eigenvalue weighted by atomic mass is 32.1. The fourth-order valence-corrected chi connectivity index (χ4v) is 2.92. The molecule has 0 unspecified atom stereocenters. The summed E-state index contributed by atoms with van der Waals surface area (Å²) in [6.07, 6.45) is 0. The molecule has 2 rings (SSSR count). The number of amides is 1. The predicted octanol–water partition coefficient (Wildman–Crippen LogP) is 3.05. The van der Waals surface area contributed by atoms with Gasteiger partial charge in [0.25, 0.3) is 5.91 Å². The van der Waals surface area contributed by atoms with Crippen molar-refractivity contribution in [3.05, 3.63) is 46.2 Å². The number of para-hydroxylation sites is 1. The number of benzene rings is 1. The van der Waals surface area contributed by atoms with Gasteiger partial charge in [-0.1, -0.05) is 26.0 Å². The number of hydrogen-bond acceptors (Lipinski definition) is 4. The van der Waals surface area contributed by atoms with Crippen LogP contribution in [0.25, 0.3) is 0 Å². The topological polar surface area (TPSA) is 64.3 Å². The quantitative estimate of drug-likeness (QED) is 0.835. The van der Waals surface area contributed by atoms with Crippen LogP contribution in [0.2, 0.25) is 0 Å². The highest BCUT2D eigenvalue weighted by Gasteiger charge is 2.23. The smallest absolute Gasteiger partial charge is 0.253 e. The molecule has 0 bridgehead atoms. The molecule has 0 saturated heterocycles. The zero-order chi connectivity index (χ0) is 15.5. The predicted molar refractivity (Wildman–Crippen MR) is 87.1 cm³/mol. The van der Waals surface area contributed by atoms with Crippen LogP contribution in [0.4, 0.5) is 5.69 Å². The van der Waals surface area contributed by atoms with Crippen molar-refractivity contribution in [3.63, 3.8) is 0 Å². The molecule has 0 radical (unpaired) electrons. The van der Waals surface area contributed by atoms with Gasteiger partial charge in [0, 0.05) is 16.8 Å². The highest BCUT2D eigenvalue weighted by Crippen LogP contribution is 2.28. The van der Waals surface area contributed by atoms with Crippen molar-refractivity contribution >= 4 is 22.9 Å². The molecule has 4 nitrogen and oxygen atoms in total. The van der Waals surface area contributed by atoms with Crippen LogP contribution >= 0.6 is 11.3 Å². The van der Waals surface area contributed by atoms with Gasteiger partial charge in [-0.3, -0.25) is 4.79 Å². The van der Waals surface area contributed by atoms with Crippen molar-refractivity contribution in [2.75, 3.05) is 19.4 Å². The Balaban J connectivity index is 2.09. The van der Waals surface area contributed by atoms with E-state index in [1.165, 1.54) is 12.0 Å². The lowest BCUT2D eigenvalue weighted by Crippen LogP contribution is -2.36. The zero-order valence-electron chi connectivity index (χ0n) is 12.5. The van der Waals surface area contributed by atoms with Crippen molar-refractivity contribution in [3.8, 4) is 5.75 Å². The zero-order valence-corrected chi connectivity index (χ0v) is 13.3. The molecule has 0 saturated carbocycles. The Morgan fingerprint density at radius 1 is 1.33 bits per heavy atom. The second-order valence-corrected chi connectivity index (χ2v) is 6.41. The van der Waals surface area contributed by atoms with Crippen molar-refractivity contribution in [2.45, 2.75) is 19.3 Å². The Labute approximate surface area is 128 Å². The number of hydrogen-bond donors (Lipinski definition) is 2. The molecule has 0 fully saturated rings. The molecule has 0 aliphatic carbocycles. The molecule has 0 aliphatic rings. The van der Waals surface area contributed by atoms with Crippen LogP contribution in [0.3, 0.4) is 0 Å². The van der Waals surface area contributed by atoms with Gasteiger partial charge in [0.05, 0.1) is 18.4 Å². The van der Waals surface area contributed by atoms with Gasteiger partial charge in [0.15, 0.2) is 0 Å². The van der Waals surface area contributed by atoms with E-state index >= 15 is 0 Å². The maximum atomic E-state index is 12.3. The third-order valence-electron chi connectivity index (χ3n) is 3.41. The average Bonchev–Trinajstić information content (AvgIpc) is 3.00. The van der Waals surface area contributed by atoms with Crippen LogP contribution in [0.5, 0.6) is 5.75 Å². The summed E-state index contributed by atoms with van der Waals surface area (Å²) in [5.41, 5.74) is 6.64. The largest absolute Gasteiger partial charge is 0.495 e. The lowest BCUT2D eigenvalue weighted by atomic mass is 9.91. The maximum absolute atomic E-state index is 12.3. The van der Waals surface area contributed by atoms with Crippen molar-refractivity contribution < 1.29 is 9.53 Å². The van der Waals surface area contributed by atoms with Gasteiger partial charge in [0.2, 0.25) is 0 Å². The lowest BCUT2D eigenvalue weighted by Gasteiger charge is -2.24. The first-order valence-electron chi connectivity index (χ1n) is 6.70. The fourth-order valence-electron chi connectivity index (χ4n) is 2.07. The van der Waals surface area contributed by atoms with Gasteiger partial charge >= 0.3 is 0 Å². The van der Waals surface area contributed by atoms with Crippen LogP contribution in [-0.4, -0.2) is 19.6 Å². The van der Waals surface area contributed by atoms with E-state index < -0.39 is 0 Å². The third-order valence-corrected chi connectivity index (χ3v) is 4.65. The van der Waals surface area contributed by atoms with Crippen LogP contribution in [0.15, 0.2) is 35.7 Å². The molecule has 21 heavy (non-hydrogen) atoms. The SMILES string of the molecule is COc1cccc(C(=O)NCC(C)(C)c2cccs2)c1N. The van der Waals surface area contributed by atoms with Crippen LogP contribution in [0.1, 0.15) is 29.1 Å². The van der Waals surface area contributed by atoms with E-state index in [1.807, 2.05) is 11.4 Å². The number of nitrogens with two attached hydrogens (primary N) is 1. The molecule has 5 heteroatoms. The van der Waals surface area contributed by atoms with Crippen molar-refractivity contribution in [1.82, 2.24) is 5.32 Å². The van der Waals surface area contributed by atoms with Crippen molar-refractivity contribution in [1.29, 1.82) is 0 Å². The Bertz CT molecular complexity index is 621. The number of methoxy groups -OCH3 is 1. The second kappa shape index (κ2) is 6.18. The Morgan fingerprint density at radius 3 is 2.71 bits per heavy atom. The molecule has 1 aromatic heterocycles.